The van der Waals surface area contributed by atoms with Crippen LogP contribution in [0.15, 0.2) is 71.3 Å². The molecule has 4 aromatic rings. The molecule has 1 unspecified atom stereocenters. The molecule has 0 spiro atoms. The van der Waals surface area contributed by atoms with E-state index in [0.29, 0.717) is 45.6 Å². The number of hydrogen-bond donors (Lipinski definition) is 1. The minimum Gasteiger partial charge on any atom is -0.496 e. The number of carbonyl (C=O) groups excluding carboxylic acids is 2. The maximum Gasteiger partial charge on any atom is 0.412 e. The number of aryl methyl sites for hydroxylation is 1. The van der Waals surface area contributed by atoms with Crippen molar-refractivity contribution in [2.24, 2.45) is 0 Å². The van der Waals surface area contributed by atoms with Gasteiger partial charge in [-0.1, -0.05) is 65.3 Å². The fourth-order valence-electron chi connectivity index (χ4n) is 4.14. The molecule has 0 aliphatic rings. The highest BCUT2D eigenvalue weighted by molar-refractivity contribution is 6.31. The summed E-state index contributed by atoms with van der Waals surface area (Å²) in [5.41, 5.74) is 4.84. The first-order valence-corrected chi connectivity index (χ1v) is 12.8. The summed E-state index contributed by atoms with van der Waals surface area (Å²) in [4.78, 5) is 24.7. The molecule has 1 N–H and O–H groups in total. The molecule has 3 aromatic carbocycles. The molecule has 8 nitrogen and oxygen atoms in total. The Morgan fingerprint density at radius 3 is 2.46 bits per heavy atom. The van der Waals surface area contributed by atoms with Crippen molar-refractivity contribution in [2.75, 3.05) is 19.0 Å². The monoisotopic (exact) mass is 548 g/mol. The first-order valence-electron chi connectivity index (χ1n) is 12.4. The highest BCUT2D eigenvalue weighted by Crippen LogP contribution is 2.36. The van der Waals surface area contributed by atoms with Crippen LogP contribution in [0, 0.1) is 6.92 Å². The number of nitrogens with zero attached hydrogens (tertiary/aromatic N) is 1. The molecule has 0 saturated carbocycles. The number of nitrogens with one attached hydrogen (secondary N) is 1. The molecule has 0 saturated heterocycles. The average molecular weight is 549 g/mol. The lowest BCUT2D eigenvalue weighted by Gasteiger charge is -2.15. The summed E-state index contributed by atoms with van der Waals surface area (Å²) >= 11 is 6.23. The van der Waals surface area contributed by atoms with Crippen LogP contribution in [0.25, 0.3) is 22.5 Å². The quantitative estimate of drug-likeness (QED) is 0.217. The van der Waals surface area contributed by atoms with Gasteiger partial charge in [0.2, 0.25) is 0 Å². The topological polar surface area (TPSA) is 99.9 Å². The first kappa shape index (κ1) is 27.7. The van der Waals surface area contributed by atoms with E-state index >= 15 is 0 Å². The molecule has 202 valence electrons. The van der Waals surface area contributed by atoms with E-state index in [1.54, 1.807) is 40.0 Å². The molecular formula is C30H29ClN2O6. The Hall–Kier alpha value is -4.30. The maximum absolute atomic E-state index is 12.7. The predicted octanol–water partition coefficient (Wildman–Crippen LogP) is 7.39. The molecule has 1 aromatic heterocycles. The fourth-order valence-corrected chi connectivity index (χ4v) is 4.43. The number of carbonyl (C=O) groups is 2. The second kappa shape index (κ2) is 12.5. The summed E-state index contributed by atoms with van der Waals surface area (Å²) in [6.45, 7) is 5.59. The van der Waals surface area contributed by atoms with Gasteiger partial charge in [-0.3, -0.25) is 10.1 Å². The third-order valence-corrected chi connectivity index (χ3v) is 6.44. The zero-order valence-electron chi connectivity index (χ0n) is 22.1. The van der Waals surface area contributed by atoms with E-state index in [1.165, 1.54) is 0 Å². The van der Waals surface area contributed by atoms with Crippen LogP contribution in [0.5, 0.6) is 5.75 Å². The van der Waals surface area contributed by atoms with Gasteiger partial charge in [-0.15, -0.1) is 0 Å². The minimum atomic E-state index is -0.658. The third-order valence-electron chi connectivity index (χ3n) is 6.09. The van der Waals surface area contributed by atoms with Crippen LogP contribution in [0.3, 0.4) is 0 Å². The normalized spacial score (nSPS) is 11.5. The van der Waals surface area contributed by atoms with Crippen molar-refractivity contribution >= 4 is 29.4 Å². The third kappa shape index (κ3) is 6.59. The van der Waals surface area contributed by atoms with Gasteiger partial charge in [0.25, 0.3) is 0 Å². The summed E-state index contributed by atoms with van der Waals surface area (Å²) in [6.07, 6.45) is -1.05. The molecule has 0 radical (unpaired) electrons. The SMILES string of the molecule is CCOC(=O)Cc1ccc(OC)c(-c2ccc(-c3onc(C)c3NC(=O)OC(C)c3ccccc3Cl)cc2)c1. The summed E-state index contributed by atoms with van der Waals surface area (Å²) in [7, 11) is 1.60. The van der Waals surface area contributed by atoms with E-state index in [0.717, 1.165) is 16.7 Å². The molecule has 39 heavy (non-hydrogen) atoms. The van der Waals surface area contributed by atoms with E-state index in [1.807, 2.05) is 54.6 Å². The Morgan fingerprint density at radius 1 is 1.05 bits per heavy atom. The number of ether oxygens (including phenoxy) is 3. The second-order valence-corrected chi connectivity index (χ2v) is 9.17. The van der Waals surface area contributed by atoms with Crippen molar-refractivity contribution < 1.29 is 28.3 Å². The molecule has 1 heterocycles. The summed E-state index contributed by atoms with van der Waals surface area (Å²) in [6, 6.07) is 20.3. The van der Waals surface area contributed by atoms with Gasteiger partial charge in [0, 0.05) is 21.7 Å². The van der Waals surface area contributed by atoms with Crippen LogP contribution >= 0.6 is 11.6 Å². The molecule has 4 rings (SSSR count). The predicted molar refractivity (Wildman–Crippen MR) is 149 cm³/mol. The molecule has 0 fully saturated rings. The fraction of sp³-hybridized carbons (Fsp3) is 0.233. The molecule has 9 heteroatoms. The van der Waals surface area contributed by atoms with Crippen molar-refractivity contribution in [3.8, 4) is 28.2 Å². The lowest BCUT2D eigenvalue weighted by atomic mass is 9.99. The van der Waals surface area contributed by atoms with Crippen molar-refractivity contribution in [2.45, 2.75) is 33.3 Å². The second-order valence-electron chi connectivity index (χ2n) is 8.76. The average Bonchev–Trinajstić information content (AvgIpc) is 3.28. The number of anilines is 1. The van der Waals surface area contributed by atoms with E-state index in [-0.39, 0.29) is 12.4 Å². The van der Waals surface area contributed by atoms with Crippen LogP contribution in [0.4, 0.5) is 10.5 Å². The van der Waals surface area contributed by atoms with Crippen LogP contribution in [-0.2, 0) is 20.7 Å². The molecular weight excluding hydrogens is 520 g/mol. The molecule has 1 atom stereocenters. The van der Waals surface area contributed by atoms with Crippen LogP contribution in [0.2, 0.25) is 5.02 Å². The van der Waals surface area contributed by atoms with Gasteiger partial charge in [0.05, 0.1) is 20.1 Å². The summed E-state index contributed by atoms with van der Waals surface area (Å²) in [5.74, 6) is 0.775. The van der Waals surface area contributed by atoms with Crippen molar-refractivity contribution in [1.82, 2.24) is 5.16 Å². The van der Waals surface area contributed by atoms with Crippen LogP contribution in [-0.4, -0.2) is 30.9 Å². The van der Waals surface area contributed by atoms with Crippen molar-refractivity contribution in [3.05, 3.63) is 88.6 Å². The van der Waals surface area contributed by atoms with Gasteiger partial charge in [0.1, 0.15) is 23.2 Å². The van der Waals surface area contributed by atoms with E-state index in [2.05, 4.69) is 10.5 Å². The highest BCUT2D eigenvalue weighted by Gasteiger charge is 2.21. The number of amides is 1. The Bertz CT molecular complexity index is 1460. The van der Waals surface area contributed by atoms with Crippen molar-refractivity contribution in [1.29, 1.82) is 0 Å². The first-order chi connectivity index (χ1) is 18.8. The molecule has 0 aliphatic carbocycles. The Morgan fingerprint density at radius 2 is 1.77 bits per heavy atom. The Labute approximate surface area is 231 Å². The summed E-state index contributed by atoms with van der Waals surface area (Å²) in [5, 5.41) is 7.30. The lowest BCUT2D eigenvalue weighted by Crippen LogP contribution is -2.17. The molecule has 0 bridgehead atoms. The van der Waals surface area contributed by atoms with Gasteiger partial charge < -0.3 is 18.7 Å². The van der Waals surface area contributed by atoms with E-state index in [9.17, 15) is 9.59 Å². The van der Waals surface area contributed by atoms with Gasteiger partial charge in [0.15, 0.2) is 5.76 Å². The minimum absolute atomic E-state index is 0.167. The standard InChI is InChI=1S/C30H29ClN2O6/c1-5-37-27(34)17-20-10-15-26(36-4)24(16-20)21-11-13-22(14-12-21)29-28(18(2)33-39-29)32-30(35)38-19(3)23-8-6-7-9-25(23)31/h6-16,19H,5,17H2,1-4H3,(H,32,35). The van der Waals surface area contributed by atoms with Gasteiger partial charge >= 0.3 is 12.1 Å². The molecule has 1 amide bonds. The molecule has 0 aliphatic heterocycles. The number of benzene rings is 3. The van der Waals surface area contributed by atoms with E-state index in [4.69, 9.17) is 30.3 Å². The summed E-state index contributed by atoms with van der Waals surface area (Å²) < 4.78 is 21.7. The number of aromatic nitrogens is 1. The van der Waals surface area contributed by atoms with E-state index < -0.39 is 12.2 Å². The number of hydrogen-bond acceptors (Lipinski definition) is 7. The Balaban J connectivity index is 1.53. The largest absolute Gasteiger partial charge is 0.496 e. The smallest absolute Gasteiger partial charge is 0.412 e. The number of rotatable bonds is 9. The zero-order valence-corrected chi connectivity index (χ0v) is 22.9. The Kier molecular flexibility index (Phi) is 8.88. The number of esters is 1. The number of halogens is 1. The van der Waals surface area contributed by atoms with Gasteiger partial charge in [-0.05, 0) is 50.1 Å². The maximum atomic E-state index is 12.7. The highest BCUT2D eigenvalue weighted by atomic mass is 35.5. The zero-order chi connectivity index (χ0) is 27.9. The van der Waals surface area contributed by atoms with Crippen LogP contribution in [0.1, 0.15) is 36.8 Å². The van der Waals surface area contributed by atoms with Crippen LogP contribution < -0.4 is 10.1 Å². The van der Waals surface area contributed by atoms with Gasteiger partial charge in [-0.2, -0.15) is 0 Å². The lowest BCUT2D eigenvalue weighted by molar-refractivity contribution is -0.142. The number of methoxy groups -OCH3 is 1. The van der Waals surface area contributed by atoms with Gasteiger partial charge in [-0.25, -0.2) is 4.79 Å². The van der Waals surface area contributed by atoms with Crippen molar-refractivity contribution in [3.63, 3.8) is 0 Å².